The van der Waals surface area contributed by atoms with E-state index in [9.17, 15) is 17.6 Å². The van der Waals surface area contributed by atoms with Gasteiger partial charge in [0.1, 0.15) is 6.67 Å². The number of aliphatic hydroxyl groups is 1. The number of amides is 1. The number of nitrogens with zero attached hydrogens (tertiary/aromatic N) is 1. The van der Waals surface area contributed by atoms with Crippen LogP contribution in [0.15, 0.2) is 53.4 Å². The zero-order valence-corrected chi connectivity index (χ0v) is 14.5. The number of nitrogens with one attached hydrogen (secondary N) is 1. The van der Waals surface area contributed by atoms with Gasteiger partial charge in [-0.1, -0.05) is 18.2 Å². The molecule has 1 amide bonds. The molecule has 6 nitrogen and oxygen atoms in total. The average Bonchev–Trinajstić information content (AvgIpc) is 2.62. The number of carbonyl (C=O) groups excluding carboxylic acids is 1. The third-order valence-corrected chi connectivity index (χ3v) is 5.41. The van der Waals surface area contributed by atoms with Crippen LogP contribution in [0.4, 0.5) is 10.1 Å². The lowest BCUT2D eigenvalue weighted by molar-refractivity contribution is 0.102. The monoisotopic (exact) mass is 366 g/mol. The molecule has 0 saturated heterocycles. The van der Waals surface area contributed by atoms with Gasteiger partial charge >= 0.3 is 0 Å². The predicted molar refractivity (Wildman–Crippen MR) is 92.6 cm³/mol. The minimum atomic E-state index is -3.80. The molecule has 8 heteroatoms. The number of rotatable bonds is 7. The minimum absolute atomic E-state index is 0.0468. The lowest BCUT2D eigenvalue weighted by Gasteiger charge is -2.16. The van der Waals surface area contributed by atoms with Crippen molar-refractivity contribution in [3.8, 4) is 0 Å². The Morgan fingerprint density at radius 1 is 1.20 bits per heavy atom. The van der Waals surface area contributed by atoms with Gasteiger partial charge in [-0.25, -0.2) is 12.8 Å². The highest BCUT2D eigenvalue weighted by molar-refractivity contribution is 7.89. The molecule has 0 saturated carbocycles. The van der Waals surface area contributed by atoms with E-state index < -0.39 is 22.6 Å². The molecule has 0 unspecified atom stereocenters. The smallest absolute Gasteiger partial charge is 0.255 e. The normalized spacial score (nSPS) is 11.5. The second-order valence-corrected chi connectivity index (χ2v) is 7.41. The maximum Gasteiger partial charge on any atom is 0.255 e. The number of halogens is 1. The van der Waals surface area contributed by atoms with Crippen LogP contribution in [0.25, 0.3) is 0 Å². The SMILES string of the molecule is CN(CCO)S(=O)(=O)c1cccc(C(=O)Nc2cccc(CF)c2)c1. The maximum atomic E-state index is 12.7. The third kappa shape index (κ3) is 4.62. The van der Waals surface area contributed by atoms with Gasteiger partial charge in [0.2, 0.25) is 10.0 Å². The summed E-state index contributed by atoms with van der Waals surface area (Å²) in [4.78, 5) is 12.3. The van der Waals surface area contributed by atoms with Crippen molar-refractivity contribution < 1.29 is 22.7 Å². The van der Waals surface area contributed by atoms with Crippen molar-refractivity contribution in [1.82, 2.24) is 4.31 Å². The summed E-state index contributed by atoms with van der Waals surface area (Å²) >= 11 is 0. The zero-order valence-electron chi connectivity index (χ0n) is 13.6. The summed E-state index contributed by atoms with van der Waals surface area (Å²) in [7, 11) is -2.45. The van der Waals surface area contributed by atoms with Crippen molar-refractivity contribution >= 4 is 21.6 Å². The number of sulfonamides is 1. The molecule has 0 bridgehead atoms. The number of anilines is 1. The van der Waals surface area contributed by atoms with Crippen LogP contribution < -0.4 is 5.32 Å². The van der Waals surface area contributed by atoms with Gasteiger partial charge in [0, 0.05) is 24.8 Å². The second kappa shape index (κ2) is 8.19. The molecule has 0 aromatic heterocycles. The molecule has 0 fully saturated rings. The van der Waals surface area contributed by atoms with Crippen molar-refractivity contribution in [3.63, 3.8) is 0 Å². The Labute approximate surface area is 146 Å². The first-order chi connectivity index (χ1) is 11.9. The molecule has 0 heterocycles. The molecule has 2 N–H and O–H groups in total. The van der Waals surface area contributed by atoms with Gasteiger partial charge in [0.15, 0.2) is 0 Å². The van der Waals surface area contributed by atoms with Crippen molar-refractivity contribution in [3.05, 3.63) is 59.7 Å². The molecule has 0 aliphatic carbocycles. The zero-order chi connectivity index (χ0) is 18.4. The van der Waals surface area contributed by atoms with E-state index in [0.29, 0.717) is 11.3 Å². The molecule has 0 spiro atoms. The Morgan fingerprint density at radius 3 is 2.60 bits per heavy atom. The van der Waals surface area contributed by atoms with E-state index in [4.69, 9.17) is 5.11 Å². The molecule has 0 atom stereocenters. The van der Waals surface area contributed by atoms with Crippen LogP contribution in [0.3, 0.4) is 0 Å². The summed E-state index contributed by atoms with van der Waals surface area (Å²) in [6, 6.07) is 11.9. The summed E-state index contributed by atoms with van der Waals surface area (Å²) in [5, 5.41) is 11.5. The highest BCUT2D eigenvalue weighted by Gasteiger charge is 2.21. The predicted octanol–water partition coefficient (Wildman–Crippen LogP) is 2.02. The molecule has 2 rings (SSSR count). The number of likely N-dealkylation sites (N-methyl/N-ethyl adjacent to an activating group) is 1. The van der Waals surface area contributed by atoms with Crippen LogP contribution in [-0.2, 0) is 16.7 Å². The lowest BCUT2D eigenvalue weighted by Crippen LogP contribution is -2.29. The third-order valence-electron chi connectivity index (χ3n) is 3.56. The van der Waals surface area contributed by atoms with Crippen molar-refractivity contribution in [2.75, 3.05) is 25.5 Å². The highest BCUT2D eigenvalue weighted by Crippen LogP contribution is 2.18. The molecule has 25 heavy (non-hydrogen) atoms. The average molecular weight is 366 g/mol. The molecule has 0 aliphatic rings. The van der Waals surface area contributed by atoms with E-state index >= 15 is 0 Å². The van der Waals surface area contributed by atoms with Crippen LogP contribution in [0.2, 0.25) is 0 Å². The van der Waals surface area contributed by atoms with Gasteiger partial charge in [0.05, 0.1) is 11.5 Å². The van der Waals surface area contributed by atoms with Gasteiger partial charge in [-0.05, 0) is 35.9 Å². The first-order valence-electron chi connectivity index (χ1n) is 7.52. The number of aliphatic hydroxyl groups excluding tert-OH is 1. The van der Waals surface area contributed by atoms with E-state index in [2.05, 4.69) is 5.32 Å². The molecule has 2 aromatic rings. The molecule has 0 aliphatic heterocycles. The van der Waals surface area contributed by atoms with Crippen molar-refractivity contribution in [2.45, 2.75) is 11.6 Å². The largest absolute Gasteiger partial charge is 0.395 e. The quantitative estimate of drug-likeness (QED) is 0.785. The fraction of sp³-hybridized carbons (Fsp3) is 0.235. The highest BCUT2D eigenvalue weighted by atomic mass is 32.2. The summed E-state index contributed by atoms with van der Waals surface area (Å²) in [5.41, 5.74) is 1.01. The summed E-state index contributed by atoms with van der Waals surface area (Å²) < 4.78 is 38.5. The lowest BCUT2D eigenvalue weighted by atomic mass is 10.2. The van der Waals surface area contributed by atoms with Gasteiger partial charge in [-0.15, -0.1) is 0 Å². The number of carbonyl (C=O) groups is 1. The molecular weight excluding hydrogens is 347 g/mol. The van der Waals surface area contributed by atoms with Gasteiger partial charge < -0.3 is 10.4 Å². The number of benzene rings is 2. The second-order valence-electron chi connectivity index (χ2n) is 5.37. The fourth-order valence-corrected chi connectivity index (χ4v) is 3.38. The Bertz CT molecular complexity index is 855. The first kappa shape index (κ1) is 19.0. The van der Waals surface area contributed by atoms with E-state index in [1.54, 1.807) is 18.2 Å². The van der Waals surface area contributed by atoms with E-state index in [0.717, 1.165) is 4.31 Å². The van der Waals surface area contributed by atoms with Crippen LogP contribution >= 0.6 is 0 Å². The Kier molecular flexibility index (Phi) is 6.24. The molecular formula is C17H19FN2O4S. The van der Waals surface area contributed by atoms with Crippen molar-refractivity contribution in [2.24, 2.45) is 0 Å². The summed E-state index contributed by atoms with van der Waals surface area (Å²) in [5.74, 6) is -0.502. The van der Waals surface area contributed by atoms with Crippen LogP contribution in [-0.4, -0.2) is 43.9 Å². The topological polar surface area (TPSA) is 86.7 Å². The van der Waals surface area contributed by atoms with Crippen molar-refractivity contribution in [1.29, 1.82) is 0 Å². The maximum absolute atomic E-state index is 12.7. The molecule has 0 radical (unpaired) electrons. The number of alkyl halides is 1. The molecule has 2 aromatic carbocycles. The minimum Gasteiger partial charge on any atom is -0.395 e. The Hall–Kier alpha value is -2.29. The Balaban J connectivity index is 2.24. The van der Waals surface area contributed by atoms with Gasteiger partial charge in [-0.3, -0.25) is 4.79 Å². The number of hydrogen-bond donors (Lipinski definition) is 2. The number of hydrogen-bond acceptors (Lipinski definition) is 4. The first-order valence-corrected chi connectivity index (χ1v) is 8.96. The Morgan fingerprint density at radius 2 is 1.92 bits per heavy atom. The van der Waals surface area contributed by atoms with E-state index in [1.165, 1.54) is 37.4 Å². The molecule has 134 valence electrons. The van der Waals surface area contributed by atoms with E-state index in [1.807, 2.05) is 0 Å². The summed E-state index contributed by atoms with van der Waals surface area (Å²) in [6.07, 6.45) is 0. The standard InChI is InChI=1S/C17H19FN2O4S/c1-20(8-9-21)25(23,24)16-7-3-5-14(11-16)17(22)19-15-6-2-4-13(10-15)12-18/h2-7,10-11,21H,8-9,12H2,1H3,(H,19,22). The fourth-order valence-electron chi connectivity index (χ4n) is 2.17. The van der Waals surface area contributed by atoms with Crippen LogP contribution in [0, 0.1) is 0 Å². The van der Waals surface area contributed by atoms with E-state index in [-0.39, 0.29) is 23.6 Å². The van der Waals surface area contributed by atoms with Crippen LogP contribution in [0.1, 0.15) is 15.9 Å². The van der Waals surface area contributed by atoms with Gasteiger partial charge in [-0.2, -0.15) is 4.31 Å². The summed E-state index contributed by atoms with van der Waals surface area (Å²) in [6.45, 7) is -0.996. The van der Waals surface area contributed by atoms with Crippen LogP contribution in [0.5, 0.6) is 0 Å². The van der Waals surface area contributed by atoms with Gasteiger partial charge in [0.25, 0.3) is 5.91 Å².